The Bertz CT molecular complexity index is 1370. The summed E-state index contributed by atoms with van der Waals surface area (Å²) < 4.78 is 60.3. The number of rotatable bonds is 6. The second kappa shape index (κ2) is 10.3. The molecule has 2 heterocycles. The van der Waals surface area contributed by atoms with Crippen molar-refractivity contribution in [3.05, 3.63) is 76.1 Å². The molecule has 3 aromatic rings. The van der Waals surface area contributed by atoms with Crippen molar-refractivity contribution in [1.82, 2.24) is 9.46 Å². The third kappa shape index (κ3) is 5.61. The van der Waals surface area contributed by atoms with Gasteiger partial charge in [0, 0.05) is 41.3 Å². The smallest absolute Gasteiger partial charge is 0.248 e. The van der Waals surface area contributed by atoms with E-state index in [0.717, 1.165) is 12.1 Å². The van der Waals surface area contributed by atoms with E-state index in [2.05, 4.69) is 10.5 Å². The van der Waals surface area contributed by atoms with Crippen molar-refractivity contribution in [1.29, 1.82) is 0 Å². The van der Waals surface area contributed by atoms with Crippen LogP contribution in [0, 0.1) is 24.5 Å². The molecule has 2 aromatic carbocycles. The Labute approximate surface area is 206 Å². The number of amides is 1. The normalized spacial score (nSPS) is 15.5. The Morgan fingerprint density at radius 1 is 1.14 bits per heavy atom. The lowest BCUT2D eigenvalue weighted by Crippen LogP contribution is -2.41. The van der Waals surface area contributed by atoms with E-state index in [1.807, 2.05) is 0 Å². The van der Waals surface area contributed by atoms with Crippen LogP contribution in [0.5, 0.6) is 0 Å². The topological polar surface area (TPSA) is 92.5 Å². The van der Waals surface area contributed by atoms with Crippen LogP contribution in [0.15, 0.2) is 51.9 Å². The number of nitrogens with one attached hydrogen (secondary N) is 1. The average Bonchev–Trinajstić information content (AvgIpc) is 3.21. The zero-order valence-electron chi connectivity index (χ0n) is 18.7. The van der Waals surface area contributed by atoms with Crippen molar-refractivity contribution in [2.24, 2.45) is 5.92 Å². The lowest BCUT2D eigenvalue weighted by Gasteiger charge is -2.30. The summed E-state index contributed by atoms with van der Waals surface area (Å²) >= 11 is 5.86. The fourth-order valence-electron chi connectivity index (χ4n) is 3.87. The second-order valence-electron chi connectivity index (χ2n) is 8.14. The van der Waals surface area contributed by atoms with Crippen molar-refractivity contribution in [2.45, 2.75) is 24.7 Å². The molecule has 11 heteroatoms. The first-order chi connectivity index (χ1) is 16.6. The number of halogens is 3. The van der Waals surface area contributed by atoms with Gasteiger partial charge in [-0.3, -0.25) is 4.79 Å². The van der Waals surface area contributed by atoms with Crippen molar-refractivity contribution in [3.63, 3.8) is 0 Å². The van der Waals surface area contributed by atoms with E-state index in [4.69, 9.17) is 16.1 Å². The van der Waals surface area contributed by atoms with Gasteiger partial charge in [0.25, 0.3) is 0 Å². The number of aryl methyl sites for hydroxylation is 1. The third-order valence-electron chi connectivity index (χ3n) is 5.74. The molecule has 1 aromatic heterocycles. The summed E-state index contributed by atoms with van der Waals surface area (Å²) in [6, 6.07) is 9.80. The molecule has 0 spiro atoms. The van der Waals surface area contributed by atoms with E-state index in [9.17, 15) is 22.0 Å². The number of anilines is 1. The Morgan fingerprint density at radius 3 is 2.49 bits per heavy atom. The van der Waals surface area contributed by atoms with Gasteiger partial charge in [0.05, 0.1) is 0 Å². The summed E-state index contributed by atoms with van der Waals surface area (Å²) in [5.74, 6) is -2.10. The van der Waals surface area contributed by atoms with E-state index >= 15 is 0 Å². The van der Waals surface area contributed by atoms with Crippen LogP contribution in [0.2, 0.25) is 5.02 Å². The third-order valence-corrected chi connectivity index (χ3v) is 8.05. The SMILES string of the molecule is Cc1noc(/C=C/c2ccc(F)cc2F)c1S(=O)(=O)N1CCC(C(=O)Nc2ccc(Cl)cc2)CC1. The largest absolute Gasteiger partial charge is 0.355 e. The highest BCUT2D eigenvalue weighted by molar-refractivity contribution is 7.89. The van der Waals surface area contributed by atoms with Gasteiger partial charge in [-0.25, -0.2) is 17.2 Å². The fourth-order valence-corrected chi connectivity index (χ4v) is 5.71. The minimum atomic E-state index is -3.99. The van der Waals surface area contributed by atoms with Gasteiger partial charge in [-0.1, -0.05) is 16.8 Å². The number of carbonyl (C=O) groups is 1. The standard InChI is InChI=1S/C24H22ClF2N3O4S/c1-15-23(22(34-29-15)9-3-16-2-6-19(26)14-21(16)27)35(32,33)30-12-10-17(11-13-30)24(31)28-20-7-4-18(25)5-8-20/h2-9,14,17H,10-13H2,1H3,(H,28,31)/b9-3+. The van der Waals surface area contributed by atoms with Crippen LogP contribution in [0.4, 0.5) is 14.5 Å². The van der Waals surface area contributed by atoms with Crippen LogP contribution in [-0.4, -0.2) is 36.9 Å². The fraction of sp³-hybridized carbons (Fsp3) is 0.250. The molecule has 1 aliphatic heterocycles. The monoisotopic (exact) mass is 521 g/mol. The van der Waals surface area contributed by atoms with E-state index < -0.39 is 21.7 Å². The molecule has 1 fully saturated rings. The highest BCUT2D eigenvalue weighted by Crippen LogP contribution is 2.30. The number of hydrogen-bond acceptors (Lipinski definition) is 5. The molecule has 0 saturated carbocycles. The highest BCUT2D eigenvalue weighted by Gasteiger charge is 2.36. The molecule has 0 bridgehead atoms. The van der Waals surface area contributed by atoms with Crippen LogP contribution in [0.3, 0.4) is 0 Å². The first kappa shape index (κ1) is 25.0. The van der Waals surface area contributed by atoms with Gasteiger partial charge in [0.15, 0.2) is 10.7 Å². The summed E-state index contributed by atoms with van der Waals surface area (Å²) in [6.45, 7) is 1.78. The predicted octanol–water partition coefficient (Wildman–Crippen LogP) is 5.12. The van der Waals surface area contributed by atoms with Gasteiger partial charge in [-0.2, -0.15) is 4.31 Å². The molecule has 1 amide bonds. The molecule has 4 rings (SSSR count). The molecular formula is C24H22ClF2N3O4S. The lowest BCUT2D eigenvalue weighted by atomic mass is 9.97. The van der Waals surface area contributed by atoms with E-state index in [-0.39, 0.29) is 46.8 Å². The number of carbonyl (C=O) groups excluding carboxylic acids is 1. The minimum absolute atomic E-state index is 0.0613. The van der Waals surface area contributed by atoms with Crippen molar-refractivity contribution < 1.29 is 26.5 Å². The van der Waals surface area contributed by atoms with Gasteiger partial charge in [-0.15, -0.1) is 0 Å². The molecular weight excluding hydrogens is 500 g/mol. The van der Waals surface area contributed by atoms with E-state index in [1.54, 1.807) is 24.3 Å². The summed E-state index contributed by atoms with van der Waals surface area (Å²) in [6.07, 6.45) is 3.26. The molecule has 0 atom stereocenters. The van der Waals surface area contributed by atoms with Crippen LogP contribution in [0.1, 0.15) is 29.9 Å². The Kier molecular flexibility index (Phi) is 7.34. The molecule has 184 valence electrons. The van der Waals surface area contributed by atoms with Crippen LogP contribution < -0.4 is 5.32 Å². The van der Waals surface area contributed by atoms with Gasteiger partial charge in [-0.05, 0) is 68.3 Å². The molecule has 1 saturated heterocycles. The second-order valence-corrected chi connectivity index (χ2v) is 10.4. The zero-order chi connectivity index (χ0) is 25.2. The van der Waals surface area contributed by atoms with Gasteiger partial charge in [0.2, 0.25) is 15.9 Å². The number of nitrogens with zero attached hydrogens (tertiary/aromatic N) is 2. The maximum Gasteiger partial charge on any atom is 0.248 e. The summed E-state index contributed by atoms with van der Waals surface area (Å²) in [5.41, 5.74) is 0.840. The molecule has 0 unspecified atom stereocenters. The van der Waals surface area contributed by atoms with Crippen LogP contribution in [0.25, 0.3) is 12.2 Å². The zero-order valence-corrected chi connectivity index (χ0v) is 20.2. The maximum atomic E-state index is 13.9. The summed E-state index contributed by atoms with van der Waals surface area (Å²) in [7, 11) is -3.99. The number of benzene rings is 2. The number of piperidine rings is 1. The van der Waals surface area contributed by atoms with E-state index in [1.165, 1.54) is 29.4 Å². The first-order valence-corrected chi connectivity index (χ1v) is 12.6. The minimum Gasteiger partial charge on any atom is -0.355 e. The summed E-state index contributed by atoms with van der Waals surface area (Å²) in [5, 5.41) is 7.15. The Hall–Kier alpha value is -3.08. The van der Waals surface area contributed by atoms with Gasteiger partial charge in [0.1, 0.15) is 17.3 Å². The molecule has 7 nitrogen and oxygen atoms in total. The quantitative estimate of drug-likeness (QED) is 0.486. The van der Waals surface area contributed by atoms with Gasteiger partial charge >= 0.3 is 0 Å². The molecule has 1 aliphatic rings. The number of hydrogen-bond donors (Lipinski definition) is 1. The molecule has 1 N–H and O–H groups in total. The number of aromatic nitrogens is 1. The van der Waals surface area contributed by atoms with Crippen LogP contribution >= 0.6 is 11.6 Å². The Balaban J connectivity index is 1.46. The molecule has 0 radical (unpaired) electrons. The summed E-state index contributed by atoms with van der Waals surface area (Å²) in [4.78, 5) is 12.5. The van der Waals surface area contributed by atoms with Gasteiger partial charge < -0.3 is 9.84 Å². The average molecular weight is 522 g/mol. The Morgan fingerprint density at radius 2 is 1.83 bits per heavy atom. The maximum absolute atomic E-state index is 13.9. The first-order valence-electron chi connectivity index (χ1n) is 10.8. The van der Waals surface area contributed by atoms with Crippen molar-refractivity contribution in [3.8, 4) is 0 Å². The highest BCUT2D eigenvalue weighted by atomic mass is 35.5. The predicted molar refractivity (Wildman–Crippen MR) is 128 cm³/mol. The molecule has 0 aliphatic carbocycles. The van der Waals surface area contributed by atoms with E-state index in [0.29, 0.717) is 23.6 Å². The lowest BCUT2D eigenvalue weighted by molar-refractivity contribution is -0.120. The van der Waals surface area contributed by atoms with Crippen LogP contribution in [-0.2, 0) is 14.8 Å². The van der Waals surface area contributed by atoms with Crippen molar-refractivity contribution in [2.75, 3.05) is 18.4 Å². The molecule has 35 heavy (non-hydrogen) atoms. The van der Waals surface area contributed by atoms with Crippen molar-refractivity contribution >= 4 is 45.4 Å². The number of sulfonamides is 1.